The maximum absolute atomic E-state index is 13.2. The van der Waals surface area contributed by atoms with E-state index in [1.807, 2.05) is 39.8 Å². The van der Waals surface area contributed by atoms with Crippen molar-refractivity contribution in [3.05, 3.63) is 58.0 Å². The van der Waals surface area contributed by atoms with Crippen molar-refractivity contribution in [2.45, 2.75) is 37.8 Å². The Bertz CT molecular complexity index is 1140. The second-order valence-electron chi connectivity index (χ2n) is 8.76. The summed E-state index contributed by atoms with van der Waals surface area (Å²) in [7, 11) is 0. The first-order valence-electron chi connectivity index (χ1n) is 10.7. The SMILES string of the molecule is O=C(C1CC(Cc2ccc3c(c2)OCO3)=NO1)N1C[C@H]2C[C@@H](C1)c1cccc(=O)n1C2. The van der Waals surface area contributed by atoms with E-state index in [4.69, 9.17) is 14.3 Å². The number of rotatable bonds is 3. The van der Waals surface area contributed by atoms with Gasteiger partial charge in [-0.25, -0.2) is 0 Å². The van der Waals surface area contributed by atoms with Crippen LogP contribution < -0.4 is 15.0 Å². The number of aromatic nitrogens is 1. The summed E-state index contributed by atoms with van der Waals surface area (Å²) >= 11 is 0. The lowest BCUT2D eigenvalue weighted by Gasteiger charge is -2.43. The second-order valence-corrected chi connectivity index (χ2v) is 8.76. The topological polar surface area (TPSA) is 82.4 Å². The minimum Gasteiger partial charge on any atom is -0.454 e. The zero-order valence-corrected chi connectivity index (χ0v) is 17.0. The summed E-state index contributed by atoms with van der Waals surface area (Å²) in [6.07, 6.45) is 1.56. The molecular weight excluding hydrogens is 398 g/mol. The minimum absolute atomic E-state index is 0.00846. The number of hydrogen-bond donors (Lipinski definition) is 0. The lowest BCUT2D eigenvalue weighted by atomic mass is 9.83. The number of fused-ring (bicyclic) bond motifs is 5. The smallest absolute Gasteiger partial charge is 0.266 e. The van der Waals surface area contributed by atoms with Gasteiger partial charge in [-0.2, -0.15) is 0 Å². The van der Waals surface area contributed by atoms with Crippen LogP contribution in [-0.4, -0.2) is 47.1 Å². The molecule has 5 heterocycles. The van der Waals surface area contributed by atoms with Crippen LogP contribution in [0.2, 0.25) is 0 Å². The lowest BCUT2D eigenvalue weighted by molar-refractivity contribution is -0.144. The molecule has 1 amide bonds. The number of ether oxygens (including phenoxy) is 2. The number of likely N-dealkylation sites (tertiary alicyclic amines) is 1. The predicted molar refractivity (Wildman–Crippen MR) is 111 cm³/mol. The molecule has 0 saturated carbocycles. The van der Waals surface area contributed by atoms with Crippen LogP contribution in [0.15, 0.2) is 46.3 Å². The average Bonchev–Trinajstić information content (AvgIpc) is 3.43. The van der Waals surface area contributed by atoms with Crippen molar-refractivity contribution in [1.29, 1.82) is 0 Å². The molecule has 1 saturated heterocycles. The van der Waals surface area contributed by atoms with Gasteiger partial charge in [0.2, 0.25) is 12.9 Å². The van der Waals surface area contributed by atoms with Crippen LogP contribution in [0.1, 0.15) is 30.0 Å². The van der Waals surface area contributed by atoms with Crippen LogP contribution >= 0.6 is 0 Å². The average molecular weight is 421 g/mol. The van der Waals surface area contributed by atoms with E-state index in [0.29, 0.717) is 38.4 Å². The number of pyridine rings is 1. The molecule has 0 spiro atoms. The Labute approximate surface area is 179 Å². The van der Waals surface area contributed by atoms with Crippen molar-refractivity contribution >= 4 is 11.6 Å². The number of carbonyl (C=O) groups is 1. The normalized spacial score (nSPS) is 25.6. The first kappa shape index (κ1) is 18.5. The fourth-order valence-electron chi connectivity index (χ4n) is 5.23. The fourth-order valence-corrected chi connectivity index (χ4v) is 5.23. The van der Waals surface area contributed by atoms with Gasteiger partial charge in [-0.1, -0.05) is 17.3 Å². The number of oxime groups is 1. The highest BCUT2D eigenvalue weighted by Gasteiger charge is 2.40. The molecule has 1 aromatic heterocycles. The zero-order valence-electron chi connectivity index (χ0n) is 17.0. The van der Waals surface area contributed by atoms with Crippen molar-refractivity contribution < 1.29 is 19.1 Å². The van der Waals surface area contributed by atoms with Gasteiger partial charge in [0.1, 0.15) is 0 Å². The third-order valence-electron chi connectivity index (χ3n) is 6.64. The molecule has 31 heavy (non-hydrogen) atoms. The molecule has 1 aromatic carbocycles. The number of nitrogens with zero attached hydrogens (tertiary/aromatic N) is 3. The van der Waals surface area contributed by atoms with Gasteiger partial charge in [-0.3, -0.25) is 9.59 Å². The molecule has 4 aliphatic heterocycles. The van der Waals surface area contributed by atoms with E-state index in [0.717, 1.165) is 34.9 Å². The molecule has 160 valence electrons. The standard InChI is InChI=1S/C23H23N3O5/c27-22-3-1-2-18-16-6-15(11-26(18)22)10-25(12-16)23(28)21-9-17(24-31-21)7-14-4-5-19-20(8-14)30-13-29-19/h1-5,8,15-16,21H,6-7,9-13H2/t15-,16+,21?/m1/s1. The quantitative estimate of drug-likeness (QED) is 0.756. The van der Waals surface area contributed by atoms with Crippen molar-refractivity contribution in [2.75, 3.05) is 19.9 Å². The second kappa shape index (κ2) is 7.14. The molecule has 2 aromatic rings. The molecule has 4 aliphatic rings. The van der Waals surface area contributed by atoms with Gasteiger partial charge in [0.05, 0.1) is 5.71 Å². The van der Waals surface area contributed by atoms with Crippen LogP contribution in [0.4, 0.5) is 0 Å². The van der Waals surface area contributed by atoms with E-state index in [1.165, 1.54) is 0 Å². The number of hydrogen-bond acceptors (Lipinski definition) is 6. The van der Waals surface area contributed by atoms with E-state index in [1.54, 1.807) is 6.07 Å². The Morgan fingerprint density at radius 1 is 1.10 bits per heavy atom. The highest BCUT2D eigenvalue weighted by molar-refractivity contribution is 5.94. The predicted octanol–water partition coefficient (Wildman–Crippen LogP) is 1.91. The van der Waals surface area contributed by atoms with Gasteiger partial charge in [0.25, 0.3) is 11.5 Å². The van der Waals surface area contributed by atoms with Crippen LogP contribution in [0.25, 0.3) is 0 Å². The largest absolute Gasteiger partial charge is 0.454 e. The molecule has 8 heteroatoms. The Kier molecular flexibility index (Phi) is 4.26. The van der Waals surface area contributed by atoms with Crippen molar-refractivity contribution in [1.82, 2.24) is 9.47 Å². The number of amides is 1. The molecule has 8 nitrogen and oxygen atoms in total. The van der Waals surface area contributed by atoms with Crippen LogP contribution in [0.3, 0.4) is 0 Å². The summed E-state index contributed by atoms with van der Waals surface area (Å²) < 4.78 is 12.7. The summed E-state index contributed by atoms with van der Waals surface area (Å²) in [6, 6.07) is 11.3. The zero-order chi connectivity index (χ0) is 20.9. The fraction of sp³-hybridized carbons (Fsp3) is 0.435. The van der Waals surface area contributed by atoms with Gasteiger partial charge in [-0.05, 0) is 36.1 Å². The van der Waals surface area contributed by atoms with E-state index in [2.05, 4.69) is 5.16 Å². The van der Waals surface area contributed by atoms with Crippen LogP contribution in [0, 0.1) is 5.92 Å². The van der Waals surface area contributed by atoms with Crippen molar-refractivity contribution in [3.8, 4) is 11.5 Å². The van der Waals surface area contributed by atoms with Gasteiger partial charge >= 0.3 is 0 Å². The molecule has 0 N–H and O–H groups in total. The van der Waals surface area contributed by atoms with Gasteiger partial charge in [-0.15, -0.1) is 0 Å². The Balaban J connectivity index is 1.11. The van der Waals surface area contributed by atoms with E-state index in [-0.39, 0.29) is 24.2 Å². The molecule has 0 radical (unpaired) electrons. The van der Waals surface area contributed by atoms with Gasteiger partial charge in [0.15, 0.2) is 11.5 Å². The molecule has 1 fully saturated rings. The molecule has 3 atom stereocenters. The van der Waals surface area contributed by atoms with Crippen LogP contribution in [-0.2, 0) is 22.6 Å². The molecule has 0 aliphatic carbocycles. The minimum atomic E-state index is -0.569. The summed E-state index contributed by atoms with van der Waals surface area (Å²) in [5, 5.41) is 4.19. The van der Waals surface area contributed by atoms with Crippen LogP contribution in [0.5, 0.6) is 11.5 Å². The number of benzene rings is 1. The summed E-state index contributed by atoms with van der Waals surface area (Å²) in [5.41, 5.74) is 2.99. The molecule has 1 unspecified atom stereocenters. The maximum atomic E-state index is 13.2. The number of carbonyl (C=O) groups excluding carboxylic acids is 1. The van der Waals surface area contributed by atoms with E-state index < -0.39 is 6.10 Å². The monoisotopic (exact) mass is 421 g/mol. The maximum Gasteiger partial charge on any atom is 0.266 e. The Hall–Kier alpha value is -3.29. The van der Waals surface area contributed by atoms with Gasteiger partial charge < -0.3 is 23.8 Å². The summed E-state index contributed by atoms with van der Waals surface area (Å²) in [5.74, 6) is 1.97. The first-order chi connectivity index (χ1) is 15.1. The summed E-state index contributed by atoms with van der Waals surface area (Å²) in [4.78, 5) is 32.8. The third kappa shape index (κ3) is 3.26. The summed E-state index contributed by atoms with van der Waals surface area (Å²) in [6.45, 7) is 2.20. The first-order valence-corrected chi connectivity index (χ1v) is 10.7. The Morgan fingerprint density at radius 2 is 2.00 bits per heavy atom. The van der Waals surface area contributed by atoms with E-state index >= 15 is 0 Å². The van der Waals surface area contributed by atoms with Gasteiger partial charge in [0, 0.05) is 50.2 Å². The number of piperidine rings is 1. The van der Waals surface area contributed by atoms with E-state index in [9.17, 15) is 9.59 Å². The molecule has 2 bridgehead atoms. The highest BCUT2D eigenvalue weighted by atomic mass is 16.7. The van der Waals surface area contributed by atoms with Crippen molar-refractivity contribution in [3.63, 3.8) is 0 Å². The highest BCUT2D eigenvalue weighted by Crippen LogP contribution is 2.36. The molecular formula is C23H23N3O5. The Morgan fingerprint density at radius 3 is 2.94 bits per heavy atom. The lowest BCUT2D eigenvalue weighted by Crippen LogP contribution is -2.51. The van der Waals surface area contributed by atoms with Crippen molar-refractivity contribution in [2.24, 2.45) is 11.1 Å². The third-order valence-corrected chi connectivity index (χ3v) is 6.64. The molecule has 6 rings (SSSR count).